The molecule has 2 aromatic rings. The lowest BCUT2D eigenvalue weighted by Crippen LogP contribution is -2.15. The van der Waals surface area contributed by atoms with Gasteiger partial charge in [-0.1, -0.05) is 12.1 Å². The van der Waals surface area contributed by atoms with Gasteiger partial charge in [0.25, 0.3) is 10.0 Å². The van der Waals surface area contributed by atoms with Crippen LogP contribution in [0.2, 0.25) is 0 Å². The third kappa shape index (κ3) is 3.42. The van der Waals surface area contributed by atoms with Crippen LogP contribution in [0.25, 0.3) is 0 Å². The highest BCUT2D eigenvalue weighted by molar-refractivity contribution is 9.10. The standard InChI is InChI=1S/C14H13BrFNO3S/c1-9-10(8-18)3-2-4-14(9)21(19,20)17-11-5-6-13(16)12(15)7-11/h2-7,17-18H,8H2,1H3. The number of hydrogen-bond acceptors (Lipinski definition) is 3. The molecule has 0 heterocycles. The maximum atomic E-state index is 13.2. The van der Waals surface area contributed by atoms with Crippen LogP contribution in [0.1, 0.15) is 11.1 Å². The molecular formula is C14H13BrFNO3S. The molecule has 0 aliphatic carbocycles. The van der Waals surface area contributed by atoms with Gasteiger partial charge in [0.15, 0.2) is 0 Å². The summed E-state index contributed by atoms with van der Waals surface area (Å²) in [5.41, 5.74) is 1.27. The number of rotatable bonds is 4. The second kappa shape index (κ2) is 6.13. The van der Waals surface area contributed by atoms with E-state index >= 15 is 0 Å². The van der Waals surface area contributed by atoms with Crippen LogP contribution in [0.4, 0.5) is 10.1 Å². The fourth-order valence-electron chi connectivity index (χ4n) is 1.89. The van der Waals surface area contributed by atoms with E-state index in [9.17, 15) is 17.9 Å². The lowest BCUT2D eigenvalue weighted by molar-refractivity contribution is 0.280. The minimum Gasteiger partial charge on any atom is -0.392 e. The van der Waals surface area contributed by atoms with E-state index in [1.807, 2.05) is 0 Å². The molecule has 0 aromatic heterocycles. The Labute approximate surface area is 130 Å². The van der Waals surface area contributed by atoms with Gasteiger partial charge in [0.2, 0.25) is 0 Å². The van der Waals surface area contributed by atoms with E-state index in [2.05, 4.69) is 20.7 Å². The molecular weight excluding hydrogens is 361 g/mol. The highest BCUT2D eigenvalue weighted by atomic mass is 79.9. The average Bonchev–Trinajstić information content (AvgIpc) is 2.42. The molecule has 7 heteroatoms. The number of aliphatic hydroxyl groups is 1. The Morgan fingerprint density at radius 3 is 2.62 bits per heavy atom. The lowest BCUT2D eigenvalue weighted by atomic mass is 10.1. The summed E-state index contributed by atoms with van der Waals surface area (Å²) in [5.74, 6) is -0.476. The van der Waals surface area contributed by atoms with E-state index in [1.54, 1.807) is 19.1 Å². The van der Waals surface area contributed by atoms with Crippen molar-refractivity contribution >= 4 is 31.6 Å². The van der Waals surface area contributed by atoms with Crippen LogP contribution < -0.4 is 4.72 Å². The van der Waals surface area contributed by atoms with Gasteiger partial charge in [0.1, 0.15) is 5.82 Å². The van der Waals surface area contributed by atoms with E-state index in [0.29, 0.717) is 11.1 Å². The number of hydrogen-bond donors (Lipinski definition) is 2. The summed E-state index contributed by atoms with van der Waals surface area (Å²) in [6, 6.07) is 8.52. The first-order chi connectivity index (χ1) is 9.85. The van der Waals surface area contributed by atoms with E-state index in [4.69, 9.17) is 0 Å². The molecule has 2 rings (SSSR count). The van der Waals surface area contributed by atoms with Crippen molar-refractivity contribution in [3.8, 4) is 0 Å². The Morgan fingerprint density at radius 1 is 1.29 bits per heavy atom. The van der Waals surface area contributed by atoms with Gasteiger partial charge in [-0.3, -0.25) is 4.72 Å². The average molecular weight is 374 g/mol. The Kier molecular flexibility index (Phi) is 4.65. The van der Waals surface area contributed by atoms with Crippen LogP contribution in [0, 0.1) is 12.7 Å². The quantitative estimate of drug-likeness (QED) is 0.864. The number of sulfonamides is 1. The zero-order valence-corrected chi connectivity index (χ0v) is 13.5. The second-order valence-electron chi connectivity index (χ2n) is 4.43. The summed E-state index contributed by atoms with van der Waals surface area (Å²) < 4.78 is 40.5. The minimum atomic E-state index is -3.81. The number of anilines is 1. The second-order valence-corrected chi connectivity index (χ2v) is 6.94. The van der Waals surface area contributed by atoms with E-state index in [0.717, 1.165) is 0 Å². The Hall–Kier alpha value is -1.44. The minimum absolute atomic E-state index is 0.0782. The molecule has 0 saturated carbocycles. The number of nitrogens with one attached hydrogen (secondary N) is 1. The summed E-state index contributed by atoms with van der Waals surface area (Å²) in [5, 5.41) is 9.20. The SMILES string of the molecule is Cc1c(CO)cccc1S(=O)(=O)Nc1ccc(F)c(Br)c1. The molecule has 2 aromatic carbocycles. The zero-order valence-electron chi connectivity index (χ0n) is 11.1. The van der Waals surface area contributed by atoms with E-state index in [1.165, 1.54) is 24.3 Å². The van der Waals surface area contributed by atoms with Crippen molar-refractivity contribution in [1.82, 2.24) is 0 Å². The fraction of sp³-hybridized carbons (Fsp3) is 0.143. The largest absolute Gasteiger partial charge is 0.392 e. The van der Waals surface area contributed by atoms with Crippen LogP contribution in [0.3, 0.4) is 0 Å². The van der Waals surface area contributed by atoms with Crippen LogP contribution in [0.5, 0.6) is 0 Å². The summed E-state index contributed by atoms with van der Waals surface area (Å²) in [7, 11) is -3.81. The normalized spacial score (nSPS) is 11.4. The molecule has 0 bridgehead atoms. The van der Waals surface area contributed by atoms with Gasteiger partial charge in [0.05, 0.1) is 21.7 Å². The maximum Gasteiger partial charge on any atom is 0.262 e. The smallest absolute Gasteiger partial charge is 0.262 e. The molecule has 0 fully saturated rings. The number of benzene rings is 2. The first kappa shape index (κ1) is 15.9. The summed E-state index contributed by atoms with van der Waals surface area (Å²) >= 11 is 3.00. The maximum absolute atomic E-state index is 13.2. The fourth-order valence-corrected chi connectivity index (χ4v) is 3.61. The van der Waals surface area contributed by atoms with Gasteiger partial charge in [0, 0.05) is 0 Å². The highest BCUT2D eigenvalue weighted by Crippen LogP contribution is 2.25. The molecule has 0 atom stereocenters. The summed E-state index contributed by atoms with van der Waals surface area (Å²) in [4.78, 5) is 0.0782. The van der Waals surface area contributed by atoms with Gasteiger partial charge < -0.3 is 5.11 Å². The molecule has 21 heavy (non-hydrogen) atoms. The van der Waals surface area contributed by atoms with Gasteiger partial charge in [-0.05, 0) is 58.2 Å². The van der Waals surface area contributed by atoms with Gasteiger partial charge in [-0.15, -0.1) is 0 Å². The molecule has 0 unspecified atom stereocenters. The highest BCUT2D eigenvalue weighted by Gasteiger charge is 2.18. The molecule has 0 radical (unpaired) electrons. The lowest BCUT2D eigenvalue weighted by Gasteiger charge is -2.12. The van der Waals surface area contributed by atoms with Gasteiger partial charge in [-0.2, -0.15) is 0 Å². The van der Waals surface area contributed by atoms with Crippen molar-refractivity contribution in [3.05, 3.63) is 57.8 Å². The molecule has 0 aliphatic rings. The van der Waals surface area contributed by atoms with E-state index < -0.39 is 15.8 Å². The zero-order chi connectivity index (χ0) is 15.6. The molecule has 2 N–H and O–H groups in total. The topological polar surface area (TPSA) is 66.4 Å². The Balaban J connectivity index is 2.41. The molecule has 0 aliphatic heterocycles. The monoisotopic (exact) mass is 373 g/mol. The summed E-state index contributed by atoms with van der Waals surface area (Å²) in [6.07, 6.45) is 0. The molecule has 4 nitrogen and oxygen atoms in total. The molecule has 0 amide bonds. The third-order valence-corrected chi connectivity index (χ3v) is 5.16. The van der Waals surface area contributed by atoms with Crippen LogP contribution in [-0.4, -0.2) is 13.5 Å². The molecule has 0 saturated heterocycles. The van der Waals surface area contributed by atoms with E-state index in [-0.39, 0.29) is 21.7 Å². The van der Waals surface area contributed by atoms with Gasteiger partial charge in [-0.25, -0.2) is 12.8 Å². The van der Waals surface area contributed by atoms with Crippen LogP contribution >= 0.6 is 15.9 Å². The summed E-state index contributed by atoms with van der Waals surface area (Å²) in [6.45, 7) is 1.39. The van der Waals surface area contributed by atoms with Crippen molar-refractivity contribution in [3.63, 3.8) is 0 Å². The van der Waals surface area contributed by atoms with Crippen molar-refractivity contribution in [2.45, 2.75) is 18.4 Å². The predicted octanol–water partition coefficient (Wildman–Crippen LogP) is 3.19. The van der Waals surface area contributed by atoms with Crippen molar-refractivity contribution in [2.24, 2.45) is 0 Å². The number of aliphatic hydroxyl groups excluding tert-OH is 1. The van der Waals surface area contributed by atoms with Gasteiger partial charge >= 0.3 is 0 Å². The van der Waals surface area contributed by atoms with Crippen LogP contribution in [-0.2, 0) is 16.6 Å². The Bertz CT molecular complexity index is 778. The van der Waals surface area contributed by atoms with Crippen molar-refractivity contribution in [1.29, 1.82) is 0 Å². The Morgan fingerprint density at radius 2 is 2.00 bits per heavy atom. The third-order valence-electron chi connectivity index (χ3n) is 3.03. The molecule has 0 spiro atoms. The first-order valence-electron chi connectivity index (χ1n) is 6.02. The number of halogens is 2. The predicted molar refractivity (Wildman–Crippen MR) is 82.0 cm³/mol. The van der Waals surface area contributed by atoms with Crippen molar-refractivity contribution in [2.75, 3.05) is 4.72 Å². The van der Waals surface area contributed by atoms with Crippen molar-refractivity contribution < 1.29 is 17.9 Å². The first-order valence-corrected chi connectivity index (χ1v) is 8.30. The van der Waals surface area contributed by atoms with Crippen LogP contribution in [0.15, 0.2) is 45.8 Å². The molecule has 112 valence electrons.